The number of aromatic nitrogens is 4. The molecule has 1 atom stereocenters. The van der Waals surface area contributed by atoms with Gasteiger partial charge in [-0.05, 0) is 47.5 Å². The molecule has 24 heavy (non-hydrogen) atoms. The molecular formula is C15H19N5O3S. The molecule has 1 aromatic heterocycles. The Balaban J connectivity index is 1.53. The van der Waals surface area contributed by atoms with Crippen molar-refractivity contribution in [3.63, 3.8) is 0 Å². The zero-order chi connectivity index (χ0) is 16.8. The highest BCUT2D eigenvalue weighted by atomic mass is 32.2. The monoisotopic (exact) mass is 349 g/mol. The van der Waals surface area contributed by atoms with Gasteiger partial charge in [0.15, 0.2) is 0 Å². The van der Waals surface area contributed by atoms with Gasteiger partial charge in [0.2, 0.25) is 11.1 Å². The Hall–Kier alpha value is -2.13. The van der Waals surface area contributed by atoms with Crippen molar-refractivity contribution in [3.8, 4) is 11.4 Å². The molecule has 1 aliphatic rings. The second kappa shape index (κ2) is 8.11. The van der Waals surface area contributed by atoms with Gasteiger partial charge < -0.3 is 14.8 Å². The van der Waals surface area contributed by atoms with Crippen molar-refractivity contribution in [2.75, 3.05) is 26.0 Å². The second-order valence-electron chi connectivity index (χ2n) is 5.30. The van der Waals surface area contributed by atoms with Gasteiger partial charge in [-0.15, -0.1) is 5.10 Å². The van der Waals surface area contributed by atoms with Crippen LogP contribution in [0.1, 0.15) is 12.8 Å². The van der Waals surface area contributed by atoms with E-state index in [1.807, 2.05) is 24.3 Å². The van der Waals surface area contributed by atoms with Gasteiger partial charge in [0.25, 0.3) is 0 Å². The lowest BCUT2D eigenvalue weighted by Gasteiger charge is -2.10. The SMILES string of the molecule is COc1ccc(-n2nnnc2SCC(=O)NCC2CCCO2)cc1. The molecule has 2 heterocycles. The summed E-state index contributed by atoms with van der Waals surface area (Å²) >= 11 is 1.29. The summed E-state index contributed by atoms with van der Waals surface area (Å²) in [6.07, 6.45) is 2.21. The molecule has 1 fully saturated rings. The minimum absolute atomic E-state index is 0.0558. The van der Waals surface area contributed by atoms with Crippen LogP contribution in [0.2, 0.25) is 0 Å². The fourth-order valence-electron chi connectivity index (χ4n) is 2.37. The molecule has 1 saturated heterocycles. The third-order valence-corrected chi connectivity index (χ3v) is 4.56. The fourth-order valence-corrected chi connectivity index (χ4v) is 3.09. The van der Waals surface area contributed by atoms with Crippen molar-refractivity contribution in [3.05, 3.63) is 24.3 Å². The summed E-state index contributed by atoms with van der Waals surface area (Å²) < 4.78 is 12.2. The Morgan fingerprint density at radius 1 is 1.46 bits per heavy atom. The van der Waals surface area contributed by atoms with E-state index in [1.54, 1.807) is 11.8 Å². The van der Waals surface area contributed by atoms with Gasteiger partial charge in [-0.25, -0.2) is 0 Å². The molecule has 1 amide bonds. The number of amides is 1. The smallest absolute Gasteiger partial charge is 0.230 e. The first-order chi connectivity index (χ1) is 11.8. The zero-order valence-corrected chi connectivity index (χ0v) is 14.2. The number of carbonyl (C=O) groups is 1. The molecule has 0 radical (unpaired) electrons. The lowest BCUT2D eigenvalue weighted by atomic mass is 10.2. The summed E-state index contributed by atoms with van der Waals surface area (Å²) in [5.41, 5.74) is 0.808. The molecule has 0 saturated carbocycles. The second-order valence-corrected chi connectivity index (χ2v) is 6.24. The number of ether oxygens (including phenoxy) is 2. The minimum Gasteiger partial charge on any atom is -0.497 e. The predicted octanol–water partition coefficient (Wildman–Crippen LogP) is 1.06. The van der Waals surface area contributed by atoms with Crippen molar-refractivity contribution in [2.45, 2.75) is 24.1 Å². The van der Waals surface area contributed by atoms with E-state index in [0.717, 1.165) is 30.9 Å². The Bertz CT molecular complexity index is 670. The molecule has 1 N–H and O–H groups in total. The van der Waals surface area contributed by atoms with E-state index in [4.69, 9.17) is 9.47 Å². The third kappa shape index (κ3) is 4.24. The van der Waals surface area contributed by atoms with Crippen LogP contribution in [-0.2, 0) is 9.53 Å². The number of benzene rings is 1. The van der Waals surface area contributed by atoms with Gasteiger partial charge in [-0.1, -0.05) is 11.8 Å². The summed E-state index contributed by atoms with van der Waals surface area (Å²) in [5, 5.41) is 15.1. The number of carbonyl (C=O) groups excluding carboxylic acids is 1. The number of rotatable bonds is 7. The highest BCUT2D eigenvalue weighted by Crippen LogP contribution is 2.20. The number of hydrogen-bond donors (Lipinski definition) is 1. The van der Waals surface area contributed by atoms with E-state index in [-0.39, 0.29) is 17.8 Å². The lowest BCUT2D eigenvalue weighted by Crippen LogP contribution is -2.32. The third-order valence-electron chi connectivity index (χ3n) is 3.64. The van der Waals surface area contributed by atoms with E-state index >= 15 is 0 Å². The largest absolute Gasteiger partial charge is 0.497 e. The van der Waals surface area contributed by atoms with Crippen LogP contribution in [0.4, 0.5) is 0 Å². The molecule has 1 aliphatic heterocycles. The van der Waals surface area contributed by atoms with E-state index in [0.29, 0.717) is 11.7 Å². The Kier molecular flexibility index (Phi) is 5.65. The van der Waals surface area contributed by atoms with Gasteiger partial charge in [-0.3, -0.25) is 4.79 Å². The first-order valence-electron chi connectivity index (χ1n) is 7.70. The number of nitrogens with one attached hydrogen (secondary N) is 1. The molecule has 1 unspecified atom stereocenters. The van der Waals surface area contributed by atoms with Crippen molar-refractivity contribution < 1.29 is 14.3 Å². The molecule has 0 aliphatic carbocycles. The molecule has 3 rings (SSSR count). The van der Waals surface area contributed by atoms with Crippen LogP contribution in [0.15, 0.2) is 29.4 Å². The molecule has 128 valence electrons. The molecule has 0 spiro atoms. The van der Waals surface area contributed by atoms with Crippen LogP contribution in [0.5, 0.6) is 5.75 Å². The molecule has 9 heteroatoms. The van der Waals surface area contributed by atoms with Crippen LogP contribution >= 0.6 is 11.8 Å². The van der Waals surface area contributed by atoms with Gasteiger partial charge >= 0.3 is 0 Å². The van der Waals surface area contributed by atoms with Crippen molar-refractivity contribution in [1.82, 2.24) is 25.5 Å². The molecule has 1 aromatic carbocycles. The van der Waals surface area contributed by atoms with E-state index < -0.39 is 0 Å². The van der Waals surface area contributed by atoms with Crippen molar-refractivity contribution >= 4 is 17.7 Å². The van der Waals surface area contributed by atoms with Crippen LogP contribution in [0, 0.1) is 0 Å². The number of methoxy groups -OCH3 is 1. The molecular weight excluding hydrogens is 330 g/mol. The van der Waals surface area contributed by atoms with E-state index in [2.05, 4.69) is 20.8 Å². The Morgan fingerprint density at radius 2 is 2.29 bits per heavy atom. The zero-order valence-electron chi connectivity index (χ0n) is 13.3. The number of tetrazole rings is 1. The molecule has 2 aromatic rings. The number of nitrogens with zero attached hydrogens (tertiary/aromatic N) is 4. The van der Waals surface area contributed by atoms with Gasteiger partial charge in [0.1, 0.15) is 5.75 Å². The minimum atomic E-state index is -0.0558. The summed E-state index contributed by atoms with van der Waals surface area (Å²) in [4.78, 5) is 11.9. The topological polar surface area (TPSA) is 91.2 Å². The fraction of sp³-hybridized carbons (Fsp3) is 0.467. The number of hydrogen-bond acceptors (Lipinski definition) is 7. The van der Waals surface area contributed by atoms with Crippen molar-refractivity contribution in [1.29, 1.82) is 0 Å². The van der Waals surface area contributed by atoms with Crippen molar-refractivity contribution in [2.24, 2.45) is 0 Å². The van der Waals surface area contributed by atoms with Crippen LogP contribution < -0.4 is 10.1 Å². The maximum absolute atomic E-state index is 11.9. The Labute approximate surface area is 143 Å². The summed E-state index contributed by atoms with van der Waals surface area (Å²) in [6, 6.07) is 7.38. The first kappa shape index (κ1) is 16.7. The van der Waals surface area contributed by atoms with E-state index in [1.165, 1.54) is 11.8 Å². The standard InChI is InChI=1S/C15H19N5O3S/c1-22-12-6-4-11(5-7-12)20-15(17-18-19-20)24-10-14(21)16-9-13-3-2-8-23-13/h4-7,13H,2-3,8-10H2,1H3,(H,16,21). The summed E-state index contributed by atoms with van der Waals surface area (Å²) in [5.74, 6) is 0.956. The van der Waals surface area contributed by atoms with Gasteiger partial charge in [0.05, 0.1) is 24.7 Å². The first-order valence-corrected chi connectivity index (χ1v) is 8.69. The maximum atomic E-state index is 11.9. The lowest BCUT2D eigenvalue weighted by molar-refractivity contribution is -0.119. The van der Waals surface area contributed by atoms with Gasteiger partial charge in [0, 0.05) is 13.2 Å². The number of thioether (sulfide) groups is 1. The summed E-state index contributed by atoms with van der Waals surface area (Å²) in [7, 11) is 1.61. The average Bonchev–Trinajstić information content (AvgIpc) is 3.29. The maximum Gasteiger partial charge on any atom is 0.230 e. The highest BCUT2D eigenvalue weighted by molar-refractivity contribution is 7.99. The predicted molar refractivity (Wildman–Crippen MR) is 88.4 cm³/mol. The van der Waals surface area contributed by atoms with Crippen LogP contribution in [0.25, 0.3) is 5.69 Å². The summed E-state index contributed by atoms with van der Waals surface area (Å²) in [6.45, 7) is 1.34. The van der Waals surface area contributed by atoms with Gasteiger partial charge in [-0.2, -0.15) is 4.68 Å². The van der Waals surface area contributed by atoms with E-state index in [9.17, 15) is 4.79 Å². The highest BCUT2D eigenvalue weighted by Gasteiger charge is 2.17. The average molecular weight is 349 g/mol. The van der Waals surface area contributed by atoms with Crippen LogP contribution in [0.3, 0.4) is 0 Å². The molecule has 0 bridgehead atoms. The molecule has 8 nitrogen and oxygen atoms in total. The Morgan fingerprint density at radius 3 is 3.00 bits per heavy atom. The quantitative estimate of drug-likeness (QED) is 0.747. The normalized spacial score (nSPS) is 17.0. The van der Waals surface area contributed by atoms with Crippen LogP contribution in [-0.4, -0.2) is 58.2 Å².